The molecule has 0 spiro atoms. The summed E-state index contributed by atoms with van der Waals surface area (Å²) < 4.78 is 45.4. The van der Waals surface area contributed by atoms with Gasteiger partial charge in [0, 0.05) is 38.4 Å². The lowest BCUT2D eigenvalue weighted by Gasteiger charge is -2.18. The number of methoxy groups -OCH3 is 1. The number of carbonyl (C=O) groups excluding carboxylic acids is 1. The molecular weight excluding hydrogens is 359 g/mol. The highest BCUT2D eigenvalue weighted by Crippen LogP contribution is 2.15. The first-order valence-corrected chi connectivity index (χ1v) is 9.41. The third-order valence-corrected chi connectivity index (χ3v) is 5.16. The number of halogens is 1. The van der Waals surface area contributed by atoms with E-state index in [1.165, 1.54) is 49.4 Å². The van der Waals surface area contributed by atoms with Gasteiger partial charge in [0.2, 0.25) is 10.0 Å². The van der Waals surface area contributed by atoms with Gasteiger partial charge in [-0.1, -0.05) is 24.3 Å². The van der Waals surface area contributed by atoms with Crippen molar-refractivity contribution in [1.29, 1.82) is 0 Å². The van der Waals surface area contributed by atoms with Crippen LogP contribution in [-0.4, -0.2) is 46.5 Å². The molecule has 1 N–H and O–H groups in total. The van der Waals surface area contributed by atoms with Gasteiger partial charge in [0.15, 0.2) is 0 Å². The van der Waals surface area contributed by atoms with Crippen molar-refractivity contribution < 1.29 is 22.3 Å². The first-order chi connectivity index (χ1) is 12.3. The molecule has 0 atom stereocenters. The van der Waals surface area contributed by atoms with Crippen molar-refractivity contribution in [2.24, 2.45) is 0 Å². The van der Waals surface area contributed by atoms with E-state index in [0.29, 0.717) is 5.56 Å². The van der Waals surface area contributed by atoms with E-state index in [9.17, 15) is 17.6 Å². The first kappa shape index (κ1) is 20.0. The molecule has 2 aromatic carbocycles. The highest BCUT2D eigenvalue weighted by atomic mass is 32.2. The Morgan fingerprint density at radius 2 is 1.92 bits per heavy atom. The molecule has 0 unspecified atom stereocenters. The van der Waals surface area contributed by atoms with Crippen LogP contribution in [0, 0.1) is 5.82 Å². The molecule has 0 radical (unpaired) electrons. The van der Waals surface area contributed by atoms with Gasteiger partial charge in [-0.2, -0.15) is 0 Å². The van der Waals surface area contributed by atoms with E-state index in [4.69, 9.17) is 4.74 Å². The fraction of sp³-hybridized carbons (Fsp3) is 0.278. The Kier molecular flexibility index (Phi) is 6.84. The molecule has 0 bridgehead atoms. The van der Waals surface area contributed by atoms with Crippen LogP contribution in [0.25, 0.3) is 0 Å². The molecule has 0 fully saturated rings. The number of hydrogen-bond acceptors (Lipinski definition) is 4. The van der Waals surface area contributed by atoms with Gasteiger partial charge in [-0.3, -0.25) is 4.79 Å². The quantitative estimate of drug-likeness (QED) is 0.711. The maximum atomic E-state index is 13.7. The van der Waals surface area contributed by atoms with E-state index >= 15 is 0 Å². The molecule has 140 valence electrons. The molecule has 2 aromatic rings. The zero-order chi connectivity index (χ0) is 19.2. The standard InChI is InChI=1S/C18H21FN2O4S/c1-21(13-15-6-3-4-9-17(15)19)18(22)14-7-5-8-16(12-14)26(23,24)20-10-11-25-2/h3-9,12,20H,10-11,13H2,1-2H3. The molecule has 0 aliphatic carbocycles. The van der Waals surface area contributed by atoms with E-state index in [1.807, 2.05) is 0 Å². The van der Waals surface area contributed by atoms with Crippen molar-refractivity contribution in [3.8, 4) is 0 Å². The highest BCUT2D eigenvalue weighted by molar-refractivity contribution is 7.89. The summed E-state index contributed by atoms with van der Waals surface area (Å²) in [5.41, 5.74) is 0.590. The number of sulfonamides is 1. The van der Waals surface area contributed by atoms with E-state index < -0.39 is 21.7 Å². The van der Waals surface area contributed by atoms with Crippen LogP contribution in [0.2, 0.25) is 0 Å². The van der Waals surface area contributed by atoms with Crippen LogP contribution in [0.1, 0.15) is 15.9 Å². The van der Waals surface area contributed by atoms with Crippen molar-refractivity contribution in [3.63, 3.8) is 0 Å². The predicted molar refractivity (Wildman–Crippen MR) is 95.7 cm³/mol. The smallest absolute Gasteiger partial charge is 0.253 e. The molecule has 6 nitrogen and oxygen atoms in total. The number of ether oxygens (including phenoxy) is 1. The van der Waals surface area contributed by atoms with Crippen LogP contribution < -0.4 is 4.72 Å². The van der Waals surface area contributed by atoms with E-state index in [2.05, 4.69) is 4.72 Å². The minimum absolute atomic E-state index is 0.0151. The zero-order valence-corrected chi connectivity index (χ0v) is 15.4. The molecule has 0 aliphatic rings. The Morgan fingerprint density at radius 3 is 2.62 bits per heavy atom. The van der Waals surface area contributed by atoms with E-state index in [1.54, 1.807) is 18.2 Å². The summed E-state index contributed by atoms with van der Waals surface area (Å²) in [4.78, 5) is 13.9. The number of carbonyl (C=O) groups is 1. The van der Waals surface area contributed by atoms with Gasteiger partial charge in [0.25, 0.3) is 5.91 Å². The van der Waals surface area contributed by atoms with Crippen molar-refractivity contribution in [2.75, 3.05) is 27.3 Å². The molecule has 0 aromatic heterocycles. The molecule has 0 heterocycles. The van der Waals surface area contributed by atoms with Crippen molar-refractivity contribution in [1.82, 2.24) is 9.62 Å². The third-order valence-electron chi connectivity index (χ3n) is 3.70. The monoisotopic (exact) mass is 380 g/mol. The lowest BCUT2D eigenvalue weighted by atomic mass is 10.1. The highest BCUT2D eigenvalue weighted by Gasteiger charge is 2.18. The van der Waals surface area contributed by atoms with Gasteiger partial charge >= 0.3 is 0 Å². The molecule has 0 saturated heterocycles. The van der Waals surface area contributed by atoms with Crippen LogP contribution in [-0.2, 0) is 21.3 Å². The topological polar surface area (TPSA) is 75.7 Å². The predicted octanol–water partition coefficient (Wildman–Crippen LogP) is 2.02. The lowest BCUT2D eigenvalue weighted by molar-refractivity contribution is 0.0783. The first-order valence-electron chi connectivity index (χ1n) is 7.92. The number of nitrogens with one attached hydrogen (secondary N) is 1. The maximum absolute atomic E-state index is 13.7. The molecule has 26 heavy (non-hydrogen) atoms. The second kappa shape index (κ2) is 8.88. The number of amides is 1. The minimum atomic E-state index is -3.74. The molecule has 2 rings (SSSR count). The van der Waals surface area contributed by atoms with Gasteiger partial charge in [-0.05, 0) is 24.3 Å². The number of nitrogens with zero attached hydrogens (tertiary/aromatic N) is 1. The van der Waals surface area contributed by atoms with Crippen LogP contribution in [0.3, 0.4) is 0 Å². The molecule has 0 aliphatic heterocycles. The van der Waals surface area contributed by atoms with E-state index in [-0.39, 0.29) is 30.2 Å². The molecule has 1 amide bonds. The number of rotatable bonds is 8. The Labute approximate surface area is 152 Å². The summed E-state index contributed by atoms with van der Waals surface area (Å²) in [6.45, 7) is 0.446. The Hall–Kier alpha value is -2.29. The maximum Gasteiger partial charge on any atom is 0.253 e. The third kappa shape index (κ3) is 5.10. The minimum Gasteiger partial charge on any atom is -0.383 e. The number of benzene rings is 2. The second-order valence-electron chi connectivity index (χ2n) is 5.67. The summed E-state index contributed by atoms with van der Waals surface area (Å²) in [5.74, 6) is -0.798. The lowest BCUT2D eigenvalue weighted by Crippen LogP contribution is -2.29. The van der Waals surface area contributed by atoms with Crippen LogP contribution in [0.5, 0.6) is 0 Å². The average molecular weight is 380 g/mol. The van der Waals surface area contributed by atoms with Crippen LogP contribution in [0.4, 0.5) is 4.39 Å². The summed E-state index contributed by atoms with van der Waals surface area (Å²) in [7, 11) is -0.735. The van der Waals surface area contributed by atoms with Gasteiger partial charge in [-0.25, -0.2) is 17.5 Å². The largest absolute Gasteiger partial charge is 0.383 e. The fourth-order valence-electron chi connectivity index (χ4n) is 2.33. The summed E-state index contributed by atoms with van der Waals surface area (Å²) in [5, 5.41) is 0. The summed E-state index contributed by atoms with van der Waals surface area (Å²) in [6, 6.07) is 11.9. The van der Waals surface area contributed by atoms with Crippen molar-refractivity contribution >= 4 is 15.9 Å². The van der Waals surface area contributed by atoms with Gasteiger partial charge < -0.3 is 9.64 Å². The Bertz CT molecular complexity index is 871. The number of hydrogen-bond donors (Lipinski definition) is 1. The fourth-order valence-corrected chi connectivity index (χ4v) is 3.39. The van der Waals surface area contributed by atoms with Crippen LogP contribution in [0.15, 0.2) is 53.4 Å². The van der Waals surface area contributed by atoms with Gasteiger partial charge in [-0.15, -0.1) is 0 Å². The average Bonchev–Trinajstić information content (AvgIpc) is 2.63. The SMILES string of the molecule is COCCNS(=O)(=O)c1cccc(C(=O)N(C)Cc2ccccc2F)c1. The normalized spacial score (nSPS) is 11.3. The zero-order valence-electron chi connectivity index (χ0n) is 14.6. The Balaban J connectivity index is 2.16. The summed E-state index contributed by atoms with van der Waals surface area (Å²) in [6.07, 6.45) is 0. The molecule has 0 saturated carbocycles. The summed E-state index contributed by atoms with van der Waals surface area (Å²) >= 11 is 0. The van der Waals surface area contributed by atoms with E-state index in [0.717, 1.165) is 0 Å². The molecular formula is C18H21FN2O4S. The molecule has 8 heteroatoms. The van der Waals surface area contributed by atoms with Crippen molar-refractivity contribution in [3.05, 3.63) is 65.5 Å². The van der Waals surface area contributed by atoms with Crippen LogP contribution >= 0.6 is 0 Å². The van der Waals surface area contributed by atoms with Crippen molar-refractivity contribution in [2.45, 2.75) is 11.4 Å². The van der Waals surface area contributed by atoms with Gasteiger partial charge in [0.1, 0.15) is 5.82 Å². The second-order valence-corrected chi connectivity index (χ2v) is 7.44. The Morgan fingerprint density at radius 1 is 1.19 bits per heavy atom. The van der Waals surface area contributed by atoms with Gasteiger partial charge in [0.05, 0.1) is 11.5 Å².